The minimum atomic E-state index is 0.486. The van der Waals surface area contributed by atoms with Crippen molar-refractivity contribution in [2.45, 2.75) is 26.9 Å². The van der Waals surface area contributed by atoms with Crippen molar-refractivity contribution in [2.75, 3.05) is 0 Å². The summed E-state index contributed by atoms with van der Waals surface area (Å²) >= 11 is 0. The van der Waals surface area contributed by atoms with Crippen LogP contribution in [-0.2, 0) is 13.0 Å². The van der Waals surface area contributed by atoms with E-state index in [0.29, 0.717) is 12.5 Å². The van der Waals surface area contributed by atoms with Gasteiger partial charge in [0.05, 0.1) is 5.52 Å². The van der Waals surface area contributed by atoms with Gasteiger partial charge < -0.3 is 9.72 Å². The Morgan fingerprint density at radius 1 is 1.04 bits per heavy atom. The van der Waals surface area contributed by atoms with Crippen molar-refractivity contribution in [1.82, 2.24) is 19.9 Å². The molecule has 3 heterocycles. The van der Waals surface area contributed by atoms with Crippen molar-refractivity contribution in [2.24, 2.45) is 5.92 Å². The minimum Gasteiger partial charge on any atom is -0.489 e. The molecule has 5 nitrogen and oxygen atoms in total. The largest absolute Gasteiger partial charge is 0.489 e. The Labute approximate surface area is 158 Å². The molecule has 0 fully saturated rings. The fourth-order valence-corrected chi connectivity index (χ4v) is 3.10. The van der Waals surface area contributed by atoms with Crippen LogP contribution in [-0.4, -0.2) is 19.9 Å². The standard InChI is InChI=1S/C22H22N4O/c1-15(2)9-17-10-18(21-25-20-6-4-8-24-22(20)26-21)12-19(11-17)27-14-16-5-3-7-23-13-16/h3-8,10-13,15H,9,14H2,1-2H3,(H,24,25,26). The molecule has 0 aliphatic rings. The van der Waals surface area contributed by atoms with Crippen LogP contribution >= 0.6 is 0 Å². The van der Waals surface area contributed by atoms with Crippen LogP contribution in [0.1, 0.15) is 25.0 Å². The van der Waals surface area contributed by atoms with Gasteiger partial charge in [-0.25, -0.2) is 9.97 Å². The SMILES string of the molecule is CC(C)Cc1cc(OCc2cccnc2)cc(-c2nc3ncccc3[nH]2)c1. The summed E-state index contributed by atoms with van der Waals surface area (Å²) in [5.41, 5.74) is 4.94. The summed E-state index contributed by atoms with van der Waals surface area (Å²) < 4.78 is 6.05. The first-order valence-electron chi connectivity index (χ1n) is 9.14. The topological polar surface area (TPSA) is 63.7 Å². The second-order valence-corrected chi connectivity index (χ2v) is 7.07. The molecule has 0 spiro atoms. The van der Waals surface area contributed by atoms with Crippen LogP contribution in [0.2, 0.25) is 0 Å². The van der Waals surface area contributed by atoms with Gasteiger partial charge in [0.15, 0.2) is 5.65 Å². The number of aromatic amines is 1. The second-order valence-electron chi connectivity index (χ2n) is 7.07. The van der Waals surface area contributed by atoms with Gasteiger partial charge in [-0.1, -0.05) is 19.9 Å². The molecule has 0 atom stereocenters. The predicted octanol–water partition coefficient (Wildman–Crippen LogP) is 4.80. The molecule has 3 aromatic heterocycles. The van der Waals surface area contributed by atoms with E-state index < -0.39 is 0 Å². The highest BCUT2D eigenvalue weighted by atomic mass is 16.5. The lowest BCUT2D eigenvalue weighted by Crippen LogP contribution is -1.99. The van der Waals surface area contributed by atoms with Gasteiger partial charge in [0, 0.05) is 29.7 Å². The maximum atomic E-state index is 6.05. The zero-order chi connectivity index (χ0) is 18.6. The Morgan fingerprint density at radius 2 is 1.93 bits per heavy atom. The van der Waals surface area contributed by atoms with Crippen LogP contribution in [0.15, 0.2) is 61.1 Å². The van der Waals surface area contributed by atoms with Crippen molar-refractivity contribution >= 4 is 11.2 Å². The Balaban J connectivity index is 1.67. The van der Waals surface area contributed by atoms with Crippen LogP contribution in [0.3, 0.4) is 0 Å². The zero-order valence-corrected chi connectivity index (χ0v) is 15.5. The van der Waals surface area contributed by atoms with Gasteiger partial charge in [0.2, 0.25) is 0 Å². The lowest BCUT2D eigenvalue weighted by Gasteiger charge is -2.12. The number of nitrogens with zero attached hydrogens (tertiary/aromatic N) is 3. The highest BCUT2D eigenvalue weighted by molar-refractivity contribution is 5.76. The maximum Gasteiger partial charge on any atom is 0.178 e. The number of ether oxygens (including phenoxy) is 1. The second kappa shape index (κ2) is 7.58. The molecule has 136 valence electrons. The highest BCUT2D eigenvalue weighted by Crippen LogP contribution is 2.27. The molecule has 0 aliphatic carbocycles. The van der Waals surface area contributed by atoms with Crippen LogP contribution in [0.25, 0.3) is 22.6 Å². The summed E-state index contributed by atoms with van der Waals surface area (Å²) in [6.45, 7) is 4.92. The number of aromatic nitrogens is 4. The van der Waals surface area contributed by atoms with Crippen LogP contribution in [0.4, 0.5) is 0 Å². The number of rotatable bonds is 6. The zero-order valence-electron chi connectivity index (χ0n) is 15.5. The molecule has 1 N–H and O–H groups in total. The average Bonchev–Trinajstić information content (AvgIpc) is 3.11. The quantitative estimate of drug-likeness (QED) is 0.538. The lowest BCUT2D eigenvalue weighted by atomic mass is 10.0. The van der Waals surface area contributed by atoms with Crippen molar-refractivity contribution in [3.8, 4) is 17.1 Å². The molecule has 0 amide bonds. The number of hydrogen-bond donors (Lipinski definition) is 1. The molecule has 0 bridgehead atoms. The average molecular weight is 358 g/mol. The van der Waals surface area contributed by atoms with Crippen LogP contribution < -0.4 is 4.74 Å². The summed E-state index contributed by atoms with van der Waals surface area (Å²) in [7, 11) is 0. The van der Waals surface area contributed by atoms with Crippen molar-refractivity contribution in [3.05, 3.63) is 72.2 Å². The van der Waals surface area contributed by atoms with Crippen LogP contribution in [0.5, 0.6) is 5.75 Å². The molecule has 0 unspecified atom stereocenters. The first kappa shape index (κ1) is 17.2. The molecule has 27 heavy (non-hydrogen) atoms. The van der Waals surface area contributed by atoms with E-state index in [0.717, 1.165) is 40.3 Å². The van der Waals surface area contributed by atoms with E-state index in [1.165, 1.54) is 5.56 Å². The fraction of sp³-hybridized carbons (Fsp3) is 0.227. The monoisotopic (exact) mass is 358 g/mol. The first-order chi connectivity index (χ1) is 13.2. The number of benzene rings is 1. The smallest absolute Gasteiger partial charge is 0.178 e. The van der Waals surface area contributed by atoms with Gasteiger partial charge in [-0.2, -0.15) is 0 Å². The van der Waals surface area contributed by atoms with Crippen LogP contribution in [0, 0.1) is 5.92 Å². The molecular formula is C22H22N4O. The van der Waals surface area contributed by atoms with Crippen molar-refractivity contribution in [3.63, 3.8) is 0 Å². The number of pyridine rings is 2. The Kier molecular flexibility index (Phi) is 4.83. The molecule has 4 rings (SSSR count). The molecule has 0 saturated carbocycles. The predicted molar refractivity (Wildman–Crippen MR) is 106 cm³/mol. The van der Waals surface area contributed by atoms with Gasteiger partial charge in [0.25, 0.3) is 0 Å². The maximum absolute atomic E-state index is 6.05. The van der Waals surface area contributed by atoms with Gasteiger partial charge in [0.1, 0.15) is 18.2 Å². The van der Waals surface area contributed by atoms with Crippen molar-refractivity contribution < 1.29 is 4.74 Å². The molecule has 1 aromatic carbocycles. The number of H-pyrrole nitrogens is 1. The fourth-order valence-electron chi connectivity index (χ4n) is 3.10. The van der Waals surface area contributed by atoms with E-state index in [2.05, 4.69) is 45.9 Å². The van der Waals surface area contributed by atoms with Gasteiger partial charge >= 0.3 is 0 Å². The molecule has 0 aliphatic heterocycles. The summed E-state index contributed by atoms with van der Waals surface area (Å²) in [4.78, 5) is 16.4. The third kappa shape index (κ3) is 4.14. The number of fused-ring (bicyclic) bond motifs is 1. The van der Waals surface area contributed by atoms with E-state index in [1.54, 1.807) is 12.4 Å². The molecule has 4 aromatic rings. The molecule has 5 heteroatoms. The third-order valence-corrected chi connectivity index (χ3v) is 4.27. The van der Waals surface area contributed by atoms with E-state index in [1.807, 2.05) is 36.5 Å². The van der Waals surface area contributed by atoms with E-state index in [-0.39, 0.29) is 0 Å². The minimum absolute atomic E-state index is 0.486. The number of nitrogens with one attached hydrogen (secondary N) is 1. The van der Waals surface area contributed by atoms with Gasteiger partial charge in [-0.3, -0.25) is 4.98 Å². The number of hydrogen-bond acceptors (Lipinski definition) is 4. The Hall–Kier alpha value is -3.21. The van der Waals surface area contributed by atoms with E-state index in [4.69, 9.17) is 4.74 Å². The first-order valence-corrected chi connectivity index (χ1v) is 9.14. The van der Waals surface area contributed by atoms with E-state index >= 15 is 0 Å². The summed E-state index contributed by atoms with van der Waals surface area (Å²) in [6, 6.07) is 14.1. The summed E-state index contributed by atoms with van der Waals surface area (Å²) in [5.74, 6) is 2.20. The van der Waals surface area contributed by atoms with Gasteiger partial charge in [-0.15, -0.1) is 0 Å². The summed E-state index contributed by atoms with van der Waals surface area (Å²) in [6.07, 6.45) is 6.32. The highest BCUT2D eigenvalue weighted by Gasteiger charge is 2.10. The Morgan fingerprint density at radius 3 is 2.70 bits per heavy atom. The number of imidazole rings is 1. The normalized spacial score (nSPS) is 11.2. The molecular weight excluding hydrogens is 336 g/mol. The van der Waals surface area contributed by atoms with Gasteiger partial charge in [-0.05, 0) is 54.3 Å². The molecule has 0 saturated heterocycles. The Bertz CT molecular complexity index is 1010. The van der Waals surface area contributed by atoms with E-state index in [9.17, 15) is 0 Å². The third-order valence-electron chi connectivity index (χ3n) is 4.27. The van der Waals surface area contributed by atoms with Crippen molar-refractivity contribution in [1.29, 1.82) is 0 Å². The summed E-state index contributed by atoms with van der Waals surface area (Å²) in [5, 5.41) is 0. The lowest BCUT2D eigenvalue weighted by molar-refractivity contribution is 0.305. The molecule has 0 radical (unpaired) electrons.